The van der Waals surface area contributed by atoms with Gasteiger partial charge in [-0.3, -0.25) is 4.79 Å². The molecule has 2 aromatic heterocycles. The second-order valence-electron chi connectivity index (χ2n) is 5.19. The maximum Gasteiger partial charge on any atom is 0.212 e. The molecule has 2 heterocycles. The fourth-order valence-corrected chi connectivity index (χ4v) is 2.65. The van der Waals surface area contributed by atoms with Crippen LogP contribution in [0, 0.1) is 0 Å². The number of halogens is 1. The monoisotopic (exact) mass is 334 g/mol. The van der Waals surface area contributed by atoms with Crippen LogP contribution in [-0.4, -0.2) is 25.5 Å². The first-order valence-corrected chi connectivity index (χ1v) is 7.66. The summed E-state index contributed by atoms with van der Waals surface area (Å²) < 4.78 is 1.69. The molecular formula is C18H11ClN4O. The normalized spacial score (nSPS) is 10.9. The predicted octanol–water partition coefficient (Wildman–Crippen LogP) is 3.70. The van der Waals surface area contributed by atoms with Crippen LogP contribution in [-0.2, 0) is 0 Å². The minimum atomic E-state index is -0.188. The Morgan fingerprint density at radius 3 is 2.46 bits per heavy atom. The van der Waals surface area contributed by atoms with E-state index in [1.807, 2.05) is 30.3 Å². The molecule has 0 saturated carbocycles. The van der Waals surface area contributed by atoms with Crippen molar-refractivity contribution in [2.75, 3.05) is 0 Å². The lowest BCUT2D eigenvalue weighted by molar-refractivity contribution is 0.103. The number of ketones is 1. The number of rotatable bonds is 3. The lowest BCUT2D eigenvalue weighted by atomic mass is 10.1. The van der Waals surface area contributed by atoms with E-state index < -0.39 is 0 Å². The van der Waals surface area contributed by atoms with Gasteiger partial charge in [-0.05, 0) is 36.4 Å². The van der Waals surface area contributed by atoms with E-state index in [0.29, 0.717) is 27.3 Å². The molecule has 0 amide bonds. The summed E-state index contributed by atoms with van der Waals surface area (Å²) in [7, 11) is 0. The highest BCUT2D eigenvalue weighted by molar-refractivity contribution is 6.30. The molecule has 0 N–H and O–H groups in total. The first-order valence-electron chi connectivity index (χ1n) is 7.28. The van der Waals surface area contributed by atoms with Crippen LogP contribution in [0.5, 0.6) is 0 Å². The Morgan fingerprint density at radius 2 is 1.71 bits per heavy atom. The van der Waals surface area contributed by atoms with Crippen molar-refractivity contribution >= 4 is 28.4 Å². The average molecular weight is 335 g/mol. The Kier molecular flexibility index (Phi) is 3.55. The Morgan fingerprint density at radius 1 is 0.958 bits per heavy atom. The number of aromatic nitrogens is 4. The van der Waals surface area contributed by atoms with Crippen LogP contribution in [0.2, 0.25) is 5.02 Å². The highest BCUT2D eigenvalue weighted by Gasteiger charge is 2.18. The molecule has 0 aliphatic rings. The molecule has 4 rings (SSSR count). The number of hydrogen-bond donors (Lipinski definition) is 0. The van der Waals surface area contributed by atoms with E-state index in [1.54, 1.807) is 35.1 Å². The van der Waals surface area contributed by atoms with Gasteiger partial charge in [-0.1, -0.05) is 29.8 Å². The summed E-state index contributed by atoms with van der Waals surface area (Å²) in [5.41, 5.74) is 2.31. The minimum absolute atomic E-state index is 0.188. The molecule has 2 aromatic carbocycles. The number of fused-ring (bicyclic) bond motifs is 1. The molecule has 6 heteroatoms. The maximum absolute atomic E-state index is 12.7. The highest BCUT2D eigenvalue weighted by Crippen LogP contribution is 2.21. The number of carbonyl (C=O) groups is 1. The average Bonchev–Trinajstić information content (AvgIpc) is 3.06. The lowest BCUT2D eigenvalue weighted by Crippen LogP contribution is -2.06. The Labute approximate surface area is 142 Å². The standard InChI is InChI=1S/C18H11ClN4O/c19-13-8-6-12(7-9-13)17(24)16-15-10-22-23(18(15)21-11-20-16)14-4-2-1-3-5-14/h1-11H. The van der Waals surface area contributed by atoms with Gasteiger partial charge in [-0.25, -0.2) is 14.6 Å². The summed E-state index contributed by atoms with van der Waals surface area (Å²) in [6.07, 6.45) is 3.00. The van der Waals surface area contributed by atoms with E-state index in [1.165, 1.54) is 6.33 Å². The van der Waals surface area contributed by atoms with Crippen LogP contribution in [0.25, 0.3) is 16.7 Å². The molecule has 0 fully saturated rings. The Balaban J connectivity index is 1.84. The zero-order valence-corrected chi connectivity index (χ0v) is 13.2. The van der Waals surface area contributed by atoms with Crippen molar-refractivity contribution in [3.63, 3.8) is 0 Å². The molecule has 0 saturated heterocycles. The maximum atomic E-state index is 12.7. The second-order valence-corrected chi connectivity index (χ2v) is 5.62. The van der Waals surface area contributed by atoms with E-state index in [0.717, 1.165) is 5.69 Å². The van der Waals surface area contributed by atoms with Crippen LogP contribution in [0.1, 0.15) is 16.1 Å². The molecule has 0 bridgehead atoms. The van der Waals surface area contributed by atoms with E-state index >= 15 is 0 Å². The molecular weight excluding hydrogens is 324 g/mol. The van der Waals surface area contributed by atoms with Crippen molar-refractivity contribution < 1.29 is 4.79 Å². The summed E-state index contributed by atoms with van der Waals surface area (Å²) >= 11 is 5.88. The summed E-state index contributed by atoms with van der Waals surface area (Å²) in [4.78, 5) is 21.2. The Hall–Kier alpha value is -3.05. The van der Waals surface area contributed by atoms with E-state index in [4.69, 9.17) is 11.6 Å². The van der Waals surface area contributed by atoms with Gasteiger partial charge in [0.15, 0.2) is 5.65 Å². The zero-order chi connectivity index (χ0) is 16.5. The third-order valence-electron chi connectivity index (χ3n) is 3.69. The molecule has 0 unspecified atom stereocenters. The van der Waals surface area contributed by atoms with E-state index in [9.17, 15) is 4.79 Å². The second kappa shape index (κ2) is 5.86. The lowest BCUT2D eigenvalue weighted by Gasteiger charge is -2.04. The SMILES string of the molecule is O=C(c1ccc(Cl)cc1)c1ncnc2c1cnn2-c1ccccc1. The van der Waals surface area contributed by atoms with Gasteiger partial charge in [0.25, 0.3) is 0 Å². The fourth-order valence-electron chi connectivity index (χ4n) is 2.52. The van der Waals surface area contributed by atoms with Gasteiger partial charge >= 0.3 is 0 Å². The van der Waals surface area contributed by atoms with Crippen LogP contribution in [0.15, 0.2) is 67.1 Å². The molecule has 0 spiro atoms. The van der Waals surface area contributed by atoms with E-state index in [-0.39, 0.29) is 5.78 Å². The molecule has 4 aromatic rings. The topological polar surface area (TPSA) is 60.7 Å². The van der Waals surface area contributed by atoms with Crippen LogP contribution in [0.4, 0.5) is 0 Å². The third kappa shape index (κ3) is 2.45. The van der Waals surface area contributed by atoms with Gasteiger partial charge in [0.05, 0.1) is 17.3 Å². The third-order valence-corrected chi connectivity index (χ3v) is 3.94. The number of para-hydroxylation sites is 1. The summed E-state index contributed by atoms with van der Waals surface area (Å²) in [6, 6.07) is 16.3. The van der Waals surface area contributed by atoms with Gasteiger partial charge in [0.2, 0.25) is 5.78 Å². The summed E-state index contributed by atoms with van der Waals surface area (Å²) in [5.74, 6) is -0.188. The van der Waals surface area contributed by atoms with Crippen molar-refractivity contribution in [3.05, 3.63) is 83.4 Å². The first-order chi connectivity index (χ1) is 11.7. The van der Waals surface area contributed by atoms with Crippen LogP contribution >= 0.6 is 11.6 Å². The van der Waals surface area contributed by atoms with Gasteiger partial charge in [0, 0.05) is 10.6 Å². The molecule has 0 atom stereocenters. The minimum Gasteiger partial charge on any atom is -0.287 e. The number of benzene rings is 2. The molecule has 24 heavy (non-hydrogen) atoms. The van der Waals surface area contributed by atoms with Gasteiger partial charge < -0.3 is 0 Å². The van der Waals surface area contributed by atoms with Gasteiger partial charge in [-0.2, -0.15) is 5.10 Å². The highest BCUT2D eigenvalue weighted by atomic mass is 35.5. The number of hydrogen-bond acceptors (Lipinski definition) is 4. The predicted molar refractivity (Wildman–Crippen MR) is 91.5 cm³/mol. The number of nitrogens with zero attached hydrogens (tertiary/aromatic N) is 4. The van der Waals surface area contributed by atoms with Crippen LogP contribution in [0.3, 0.4) is 0 Å². The van der Waals surface area contributed by atoms with Crippen LogP contribution < -0.4 is 0 Å². The Bertz CT molecular complexity index is 1030. The smallest absolute Gasteiger partial charge is 0.212 e. The molecule has 116 valence electrons. The van der Waals surface area contributed by atoms with Crippen molar-refractivity contribution in [2.24, 2.45) is 0 Å². The summed E-state index contributed by atoms with van der Waals surface area (Å²) in [6.45, 7) is 0. The molecule has 0 radical (unpaired) electrons. The first kappa shape index (κ1) is 14.5. The molecule has 5 nitrogen and oxygen atoms in total. The van der Waals surface area contributed by atoms with Crippen molar-refractivity contribution in [1.82, 2.24) is 19.7 Å². The van der Waals surface area contributed by atoms with Gasteiger partial charge in [0.1, 0.15) is 12.0 Å². The van der Waals surface area contributed by atoms with Gasteiger partial charge in [-0.15, -0.1) is 0 Å². The fraction of sp³-hybridized carbons (Fsp3) is 0. The van der Waals surface area contributed by atoms with Crippen molar-refractivity contribution in [2.45, 2.75) is 0 Å². The quantitative estimate of drug-likeness (QED) is 0.536. The molecule has 0 aliphatic heterocycles. The number of carbonyl (C=O) groups excluding carboxylic acids is 1. The molecule has 0 aliphatic carbocycles. The van der Waals surface area contributed by atoms with Crippen molar-refractivity contribution in [1.29, 1.82) is 0 Å². The largest absolute Gasteiger partial charge is 0.287 e. The summed E-state index contributed by atoms with van der Waals surface area (Å²) in [5, 5.41) is 5.55. The zero-order valence-electron chi connectivity index (χ0n) is 12.4. The van der Waals surface area contributed by atoms with E-state index in [2.05, 4.69) is 15.1 Å². The van der Waals surface area contributed by atoms with Crippen molar-refractivity contribution in [3.8, 4) is 5.69 Å².